The van der Waals surface area contributed by atoms with Crippen LogP contribution in [0, 0.1) is 11.3 Å². The van der Waals surface area contributed by atoms with Crippen molar-refractivity contribution >= 4 is 11.9 Å². The van der Waals surface area contributed by atoms with Crippen LogP contribution in [0.4, 0.5) is 0 Å². The molecule has 0 bridgehead atoms. The van der Waals surface area contributed by atoms with Gasteiger partial charge < -0.3 is 15.7 Å². The van der Waals surface area contributed by atoms with Gasteiger partial charge in [-0.3, -0.25) is 9.59 Å². The number of amides is 1. The molecule has 5 heteroatoms. The summed E-state index contributed by atoms with van der Waals surface area (Å²) in [7, 11) is 0. The number of hydrogen-bond donors (Lipinski definition) is 2. The highest BCUT2D eigenvalue weighted by Gasteiger charge is 2.39. The van der Waals surface area contributed by atoms with E-state index in [1.165, 1.54) is 6.42 Å². The normalized spacial score (nSPS) is 25.1. The number of piperidine rings is 1. The van der Waals surface area contributed by atoms with Gasteiger partial charge in [-0.25, -0.2) is 0 Å². The minimum atomic E-state index is -0.745. The van der Waals surface area contributed by atoms with Gasteiger partial charge >= 0.3 is 5.97 Å². The van der Waals surface area contributed by atoms with Crippen molar-refractivity contribution in [2.45, 2.75) is 51.4 Å². The maximum atomic E-state index is 12.4. The van der Waals surface area contributed by atoms with E-state index in [1.54, 1.807) is 0 Å². The van der Waals surface area contributed by atoms with Crippen molar-refractivity contribution in [2.24, 2.45) is 17.1 Å². The molecule has 1 saturated carbocycles. The molecule has 0 aromatic carbocycles. The smallest absolute Gasteiger partial charge is 0.303 e. The first-order valence-corrected chi connectivity index (χ1v) is 7.74. The molecule has 1 saturated heterocycles. The predicted molar refractivity (Wildman–Crippen MR) is 76.1 cm³/mol. The van der Waals surface area contributed by atoms with E-state index in [0.29, 0.717) is 25.3 Å². The van der Waals surface area contributed by atoms with Gasteiger partial charge in [-0.2, -0.15) is 0 Å². The number of nitrogens with two attached hydrogens (primary N) is 1. The van der Waals surface area contributed by atoms with E-state index < -0.39 is 5.97 Å². The summed E-state index contributed by atoms with van der Waals surface area (Å²) in [5.41, 5.74) is 5.88. The van der Waals surface area contributed by atoms with Crippen LogP contribution < -0.4 is 5.73 Å². The Hall–Kier alpha value is -1.10. The SMILES string of the molecule is NCC1(CC(=O)N2CCCC(CCC(=O)O)C2)CCC1. The largest absolute Gasteiger partial charge is 0.481 e. The summed E-state index contributed by atoms with van der Waals surface area (Å²) in [5, 5.41) is 8.75. The summed E-state index contributed by atoms with van der Waals surface area (Å²) in [5.74, 6) is -0.181. The zero-order valence-electron chi connectivity index (χ0n) is 12.1. The van der Waals surface area contributed by atoms with Crippen LogP contribution in [0.5, 0.6) is 0 Å². The number of hydrogen-bond acceptors (Lipinski definition) is 3. The molecule has 0 aromatic rings. The van der Waals surface area contributed by atoms with Crippen LogP contribution in [0.1, 0.15) is 51.4 Å². The molecule has 5 nitrogen and oxygen atoms in total. The fraction of sp³-hybridized carbons (Fsp3) is 0.867. The number of carboxylic acid groups (broad SMARTS) is 1. The van der Waals surface area contributed by atoms with Gasteiger partial charge in [0, 0.05) is 25.9 Å². The molecule has 2 rings (SSSR count). The van der Waals surface area contributed by atoms with Crippen LogP contribution in [0.2, 0.25) is 0 Å². The maximum absolute atomic E-state index is 12.4. The monoisotopic (exact) mass is 282 g/mol. The molecule has 114 valence electrons. The molecule has 1 heterocycles. The van der Waals surface area contributed by atoms with Crippen LogP contribution in [0.15, 0.2) is 0 Å². The average Bonchev–Trinajstić information content (AvgIpc) is 2.40. The molecule has 0 aromatic heterocycles. The topological polar surface area (TPSA) is 83.6 Å². The van der Waals surface area contributed by atoms with Gasteiger partial charge in [-0.05, 0) is 50.0 Å². The van der Waals surface area contributed by atoms with Crippen LogP contribution in [-0.4, -0.2) is 41.5 Å². The summed E-state index contributed by atoms with van der Waals surface area (Å²) >= 11 is 0. The van der Waals surface area contributed by atoms with Crippen LogP contribution in [0.3, 0.4) is 0 Å². The van der Waals surface area contributed by atoms with E-state index in [2.05, 4.69) is 0 Å². The lowest BCUT2D eigenvalue weighted by Gasteiger charge is -2.42. The fourth-order valence-electron chi connectivity index (χ4n) is 3.42. The first kappa shape index (κ1) is 15.3. The molecule has 1 amide bonds. The first-order chi connectivity index (χ1) is 9.54. The Morgan fingerprint density at radius 2 is 2.05 bits per heavy atom. The van der Waals surface area contributed by atoms with Crippen molar-refractivity contribution in [1.29, 1.82) is 0 Å². The molecule has 1 aliphatic heterocycles. The number of aliphatic carboxylic acids is 1. The van der Waals surface area contributed by atoms with E-state index >= 15 is 0 Å². The van der Waals surface area contributed by atoms with Gasteiger partial charge in [0.25, 0.3) is 0 Å². The van der Waals surface area contributed by atoms with Gasteiger partial charge in [0.1, 0.15) is 0 Å². The van der Waals surface area contributed by atoms with Crippen molar-refractivity contribution in [2.75, 3.05) is 19.6 Å². The molecule has 1 unspecified atom stereocenters. The molecule has 2 aliphatic rings. The predicted octanol–water partition coefficient (Wildman–Crippen LogP) is 1.61. The number of carbonyl (C=O) groups is 2. The molecule has 2 fully saturated rings. The van der Waals surface area contributed by atoms with Gasteiger partial charge in [-0.1, -0.05) is 6.42 Å². The van der Waals surface area contributed by atoms with Crippen molar-refractivity contribution in [3.63, 3.8) is 0 Å². The van der Waals surface area contributed by atoms with Crippen molar-refractivity contribution in [3.8, 4) is 0 Å². The molecule has 1 atom stereocenters. The molecule has 3 N–H and O–H groups in total. The highest BCUT2D eigenvalue weighted by molar-refractivity contribution is 5.77. The number of nitrogens with zero attached hydrogens (tertiary/aromatic N) is 1. The van der Waals surface area contributed by atoms with E-state index in [9.17, 15) is 9.59 Å². The van der Waals surface area contributed by atoms with Gasteiger partial charge in [0.05, 0.1) is 0 Å². The number of likely N-dealkylation sites (tertiary alicyclic amines) is 1. The second-order valence-corrected chi connectivity index (χ2v) is 6.51. The zero-order valence-corrected chi connectivity index (χ0v) is 12.1. The highest BCUT2D eigenvalue weighted by Crippen LogP contribution is 2.43. The Morgan fingerprint density at radius 1 is 1.30 bits per heavy atom. The third kappa shape index (κ3) is 3.72. The quantitative estimate of drug-likeness (QED) is 0.775. The van der Waals surface area contributed by atoms with E-state index in [4.69, 9.17) is 10.8 Å². The Bertz CT molecular complexity index is 361. The van der Waals surface area contributed by atoms with E-state index in [0.717, 1.165) is 38.8 Å². The Balaban J connectivity index is 1.82. The fourth-order valence-corrected chi connectivity index (χ4v) is 3.42. The Kier molecular flexibility index (Phi) is 5.02. The van der Waals surface area contributed by atoms with Crippen molar-refractivity contribution in [1.82, 2.24) is 4.90 Å². The van der Waals surface area contributed by atoms with E-state index in [1.807, 2.05) is 4.90 Å². The van der Waals surface area contributed by atoms with Gasteiger partial charge in [-0.15, -0.1) is 0 Å². The molecular weight excluding hydrogens is 256 g/mol. The average molecular weight is 282 g/mol. The van der Waals surface area contributed by atoms with Crippen molar-refractivity contribution < 1.29 is 14.7 Å². The van der Waals surface area contributed by atoms with E-state index in [-0.39, 0.29) is 17.7 Å². The van der Waals surface area contributed by atoms with Gasteiger partial charge in [0.2, 0.25) is 5.91 Å². The number of carbonyl (C=O) groups excluding carboxylic acids is 1. The summed E-state index contributed by atoms with van der Waals surface area (Å²) < 4.78 is 0. The third-order valence-corrected chi connectivity index (χ3v) is 5.01. The lowest BCUT2D eigenvalue weighted by atomic mass is 9.66. The van der Waals surface area contributed by atoms with Crippen molar-refractivity contribution in [3.05, 3.63) is 0 Å². The molecule has 0 radical (unpaired) electrons. The Morgan fingerprint density at radius 3 is 2.60 bits per heavy atom. The molecule has 0 spiro atoms. The minimum Gasteiger partial charge on any atom is -0.481 e. The highest BCUT2D eigenvalue weighted by atomic mass is 16.4. The molecular formula is C15H26N2O3. The first-order valence-electron chi connectivity index (χ1n) is 7.74. The number of rotatable bonds is 6. The van der Waals surface area contributed by atoms with Gasteiger partial charge in [0.15, 0.2) is 0 Å². The molecule has 1 aliphatic carbocycles. The standard InChI is InChI=1S/C15H26N2O3/c16-11-15(6-2-7-15)9-13(18)17-8-1-3-12(10-17)4-5-14(19)20/h12H,1-11,16H2,(H,19,20). The molecule has 20 heavy (non-hydrogen) atoms. The lowest BCUT2D eigenvalue weighted by molar-refractivity contribution is -0.137. The second-order valence-electron chi connectivity index (χ2n) is 6.51. The van der Waals surface area contributed by atoms with Crippen LogP contribution >= 0.6 is 0 Å². The Labute approximate surface area is 120 Å². The zero-order chi connectivity index (χ0) is 14.6. The summed E-state index contributed by atoms with van der Waals surface area (Å²) in [6.07, 6.45) is 6.84. The second kappa shape index (κ2) is 6.57. The minimum absolute atomic E-state index is 0.0606. The summed E-state index contributed by atoms with van der Waals surface area (Å²) in [6.45, 7) is 2.16. The van der Waals surface area contributed by atoms with Crippen LogP contribution in [0.25, 0.3) is 0 Å². The maximum Gasteiger partial charge on any atom is 0.303 e. The lowest BCUT2D eigenvalue weighted by Crippen LogP contribution is -2.46. The summed E-state index contributed by atoms with van der Waals surface area (Å²) in [6, 6.07) is 0. The third-order valence-electron chi connectivity index (χ3n) is 5.01. The van der Waals surface area contributed by atoms with Crippen LogP contribution in [-0.2, 0) is 9.59 Å². The number of carboxylic acids is 1. The summed E-state index contributed by atoms with van der Waals surface area (Å²) in [4.78, 5) is 25.0.